The van der Waals surface area contributed by atoms with Gasteiger partial charge in [-0.2, -0.15) is 18.2 Å². The first-order valence-electron chi connectivity index (χ1n) is 7.42. The first-order valence-corrected chi connectivity index (χ1v) is 7.80. The second-order valence-electron chi connectivity index (χ2n) is 5.21. The van der Waals surface area contributed by atoms with E-state index in [9.17, 15) is 13.2 Å². The summed E-state index contributed by atoms with van der Waals surface area (Å²) < 4.78 is 44.2. The van der Waals surface area contributed by atoms with Gasteiger partial charge in [0.1, 0.15) is 11.6 Å². The molecule has 134 valence electrons. The van der Waals surface area contributed by atoms with Crippen molar-refractivity contribution in [2.75, 3.05) is 11.4 Å². The van der Waals surface area contributed by atoms with Crippen molar-refractivity contribution in [1.82, 2.24) is 9.97 Å². The van der Waals surface area contributed by atoms with Gasteiger partial charge in [0, 0.05) is 18.3 Å². The minimum atomic E-state index is -4.59. The average Bonchev–Trinajstić information content (AvgIpc) is 2.52. The molecule has 2 rings (SSSR count). The van der Waals surface area contributed by atoms with Crippen molar-refractivity contribution in [1.29, 1.82) is 5.41 Å². The number of benzene rings is 1. The van der Waals surface area contributed by atoms with Crippen LogP contribution in [0.4, 0.5) is 19.0 Å². The summed E-state index contributed by atoms with van der Waals surface area (Å²) in [4.78, 5) is 9.82. The van der Waals surface area contributed by atoms with Gasteiger partial charge in [-0.05, 0) is 31.5 Å². The third kappa shape index (κ3) is 4.82. The monoisotopic (exact) mass is 372 g/mol. The number of alkyl halides is 3. The number of halogens is 4. The lowest BCUT2D eigenvalue weighted by Crippen LogP contribution is -2.23. The van der Waals surface area contributed by atoms with Gasteiger partial charge in [-0.3, -0.25) is 5.41 Å². The molecule has 0 unspecified atom stereocenters. The summed E-state index contributed by atoms with van der Waals surface area (Å²) in [5.74, 6) is 0.356. The summed E-state index contributed by atoms with van der Waals surface area (Å²) in [6.45, 7) is 4.22. The van der Waals surface area contributed by atoms with Gasteiger partial charge in [-0.25, -0.2) is 4.98 Å². The predicted molar refractivity (Wildman–Crippen MR) is 89.7 cm³/mol. The van der Waals surface area contributed by atoms with Crippen molar-refractivity contribution in [3.63, 3.8) is 0 Å². The van der Waals surface area contributed by atoms with Gasteiger partial charge in [-0.1, -0.05) is 18.5 Å². The first-order chi connectivity index (χ1) is 11.7. The number of ether oxygens (including phenoxy) is 1. The van der Waals surface area contributed by atoms with Crippen LogP contribution in [0.2, 0.25) is 5.02 Å². The number of hydrogen-bond acceptors (Lipinski definition) is 4. The van der Waals surface area contributed by atoms with Crippen LogP contribution in [0.3, 0.4) is 0 Å². The minimum absolute atomic E-state index is 0.0785. The Bertz CT molecular complexity index is 768. The van der Waals surface area contributed by atoms with Gasteiger partial charge in [0.2, 0.25) is 0 Å². The molecule has 0 aliphatic rings. The van der Waals surface area contributed by atoms with Crippen LogP contribution < -0.4 is 9.64 Å². The summed E-state index contributed by atoms with van der Waals surface area (Å²) in [7, 11) is 0. The molecule has 0 saturated carbocycles. The molecule has 0 spiro atoms. The molecule has 0 amide bonds. The van der Waals surface area contributed by atoms with Gasteiger partial charge < -0.3 is 9.64 Å². The van der Waals surface area contributed by atoms with E-state index in [0.717, 1.165) is 24.9 Å². The fraction of sp³-hybridized carbons (Fsp3) is 0.312. The lowest BCUT2D eigenvalue weighted by molar-refractivity contribution is -0.137. The molecule has 0 saturated heterocycles. The van der Waals surface area contributed by atoms with E-state index < -0.39 is 16.8 Å². The Morgan fingerprint density at radius 2 is 2.00 bits per heavy atom. The zero-order valence-corrected chi connectivity index (χ0v) is 14.3. The Kier molecular flexibility index (Phi) is 5.84. The number of aromatic nitrogens is 2. The summed E-state index contributed by atoms with van der Waals surface area (Å²) in [5, 5.41) is 7.03. The molecule has 0 bridgehead atoms. The molecule has 1 aromatic carbocycles. The lowest BCUT2D eigenvalue weighted by Gasteiger charge is -2.18. The number of nitrogens with one attached hydrogen (secondary N) is 1. The van der Waals surface area contributed by atoms with Crippen LogP contribution in [0.5, 0.6) is 11.8 Å². The van der Waals surface area contributed by atoms with Crippen molar-refractivity contribution >= 4 is 23.8 Å². The van der Waals surface area contributed by atoms with E-state index in [1.807, 2.05) is 6.92 Å². The molecule has 25 heavy (non-hydrogen) atoms. The average molecular weight is 373 g/mol. The largest absolute Gasteiger partial charge is 0.424 e. The smallest absolute Gasteiger partial charge is 0.417 e. The highest BCUT2D eigenvalue weighted by Gasteiger charge is 2.33. The molecule has 5 nitrogen and oxygen atoms in total. The second-order valence-corrected chi connectivity index (χ2v) is 5.62. The molecule has 0 aliphatic heterocycles. The Morgan fingerprint density at radius 3 is 2.60 bits per heavy atom. The van der Waals surface area contributed by atoms with Gasteiger partial charge in [0.15, 0.2) is 0 Å². The summed E-state index contributed by atoms with van der Waals surface area (Å²) >= 11 is 5.59. The molecule has 1 N–H and O–H groups in total. The van der Waals surface area contributed by atoms with E-state index >= 15 is 0 Å². The van der Waals surface area contributed by atoms with Crippen molar-refractivity contribution in [2.45, 2.75) is 26.4 Å². The predicted octanol–water partition coefficient (Wildman–Crippen LogP) is 5.07. The molecule has 0 fully saturated rings. The highest BCUT2D eigenvalue weighted by Crippen LogP contribution is 2.37. The number of aryl methyl sites for hydroxylation is 1. The molecule has 1 heterocycles. The molecular formula is C16H16ClF3N4O. The third-order valence-corrected chi connectivity index (χ3v) is 3.52. The van der Waals surface area contributed by atoms with Crippen LogP contribution in [0.1, 0.15) is 24.6 Å². The quantitative estimate of drug-likeness (QED) is 0.567. The normalized spacial score (nSPS) is 11.3. The van der Waals surface area contributed by atoms with Gasteiger partial charge in [0.25, 0.3) is 0 Å². The maximum absolute atomic E-state index is 12.9. The van der Waals surface area contributed by atoms with Crippen molar-refractivity contribution in [3.05, 3.63) is 40.5 Å². The molecule has 0 radical (unpaired) electrons. The Hall–Kier alpha value is -2.35. The molecular weight excluding hydrogens is 357 g/mol. The standard InChI is InChI=1S/C16H16ClF3N4O/c1-3-6-24(9-21)14-7-10(2)22-15(23-14)25-11-4-5-13(17)12(8-11)16(18,19)20/h4-5,7-9,21H,3,6H2,1-2H3. The number of nitrogens with zero attached hydrogens (tertiary/aromatic N) is 3. The number of rotatable bonds is 6. The molecule has 2 aromatic rings. The number of anilines is 1. The third-order valence-electron chi connectivity index (χ3n) is 3.19. The van der Waals surface area contributed by atoms with Crippen molar-refractivity contribution in [3.8, 4) is 11.8 Å². The maximum atomic E-state index is 12.9. The molecule has 1 aromatic heterocycles. The highest BCUT2D eigenvalue weighted by atomic mass is 35.5. The fourth-order valence-corrected chi connectivity index (χ4v) is 2.32. The van der Waals surface area contributed by atoms with Gasteiger partial charge in [0.05, 0.1) is 16.9 Å². The second kappa shape index (κ2) is 7.69. The molecule has 0 aliphatic carbocycles. The Labute approximate surface area is 147 Å². The van der Waals surface area contributed by atoms with E-state index in [4.69, 9.17) is 21.7 Å². The fourth-order valence-electron chi connectivity index (χ4n) is 2.09. The summed E-state index contributed by atoms with van der Waals surface area (Å²) in [6, 6.07) is 4.78. The van der Waals surface area contributed by atoms with Gasteiger partial charge in [-0.15, -0.1) is 0 Å². The summed E-state index contributed by atoms with van der Waals surface area (Å²) in [6.07, 6.45) is -2.67. The maximum Gasteiger partial charge on any atom is 0.417 e. The van der Waals surface area contributed by atoms with Crippen LogP contribution in [0.15, 0.2) is 24.3 Å². The highest BCUT2D eigenvalue weighted by molar-refractivity contribution is 6.31. The van der Waals surface area contributed by atoms with Crippen LogP contribution in [0.25, 0.3) is 0 Å². The number of hydrogen-bond donors (Lipinski definition) is 1. The zero-order chi connectivity index (χ0) is 18.6. The zero-order valence-electron chi connectivity index (χ0n) is 13.6. The Balaban J connectivity index is 2.35. The van der Waals surface area contributed by atoms with Crippen LogP contribution in [0, 0.1) is 12.3 Å². The topological polar surface area (TPSA) is 62.1 Å². The van der Waals surface area contributed by atoms with Crippen LogP contribution in [-0.2, 0) is 6.18 Å². The first kappa shape index (κ1) is 19.0. The van der Waals surface area contributed by atoms with Crippen molar-refractivity contribution < 1.29 is 17.9 Å². The summed E-state index contributed by atoms with van der Waals surface area (Å²) in [5.41, 5.74) is -0.431. The lowest BCUT2D eigenvalue weighted by atomic mass is 10.2. The SMILES string of the molecule is CCCN(C=N)c1cc(C)nc(Oc2ccc(Cl)c(C(F)(F)F)c2)n1. The van der Waals surface area contributed by atoms with E-state index in [2.05, 4.69) is 9.97 Å². The van der Waals surface area contributed by atoms with Crippen LogP contribution >= 0.6 is 11.6 Å². The molecule has 9 heteroatoms. The van der Waals surface area contributed by atoms with Gasteiger partial charge >= 0.3 is 12.2 Å². The van der Waals surface area contributed by atoms with Crippen molar-refractivity contribution in [2.24, 2.45) is 0 Å². The van der Waals surface area contributed by atoms with E-state index in [-0.39, 0.29) is 11.8 Å². The van der Waals surface area contributed by atoms with E-state index in [1.165, 1.54) is 6.07 Å². The van der Waals surface area contributed by atoms with E-state index in [1.54, 1.807) is 17.9 Å². The molecule has 0 atom stereocenters. The Morgan fingerprint density at radius 1 is 1.28 bits per heavy atom. The van der Waals surface area contributed by atoms with E-state index in [0.29, 0.717) is 18.1 Å². The van der Waals surface area contributed by atoms with Crippen LogP contribution in [-0.4, -0.2) is 22.9 Å². The minimum Gasteiger partial charge on any atom is -0.424 e.